The molecule has 0 atom stereocenters. The van der Waals surface area contributed by atoms with Crippen molar-refractivity contribution in [1.29, 1.82) is 0 Å². The molecular formula is C16H27N3O2. The topological polar surface area (TPSA) is 54.9 Å². The Bertz CT molecular complexity index is 422. The highest BCUT2D eigenvalue weighted by Gasteiger charge is 1.97. The smallest absolute Gasteiger partial charge is 0.191 e. The van der Waals surface area contributed by atoms with Crippen LogP contribution in [-0.4, -0.2) is 46.0 Å². The van der Waals surface area contributed by atoms with Gasteiger partial charge in [-0.25, -0.2) is 4.99 Å². The molecule has 0 unspecified atom stereocenters. The van der Waals surface area contributed by atoms with E-state index in [2.05, 4.69) is 53.7 Å². The molecule has 1 rings (SSSR count). The monoisotopic (exact) mass is 293 g/mol. The second kappa shape index (κ2) is 11.1. The molecule has 0 aliphatic carbocycles. The fraction of sp³-hybridized carbons (Fsp3) is 0.562. The summed E-state index contributed by atoms with van der Waals surface area (Å²) in [6.07, 6.45) is 0. The minimum Gasteiger partial charge on any atom is -0.382 e. The molecule has 1 aromatic carbocycles. The molecule has 0 aromatic heterocycles. The summed E-state index contributed by atoms with van der Waals surface area (Å²) in [6.45, 7) is 8.26. The molecule has 5 nitrogen and oxygen atoms in total. The predicted octanol–water partition coefficient (Wildman–Crippen LogP) is 1.71. The zero-order valence-corrected chi connectivity index (χ0v) is 13.3. The summed E-state index contributed by atoms with van der Waals surface area (Å²) in [5.74, 6) is 0.814. The van der Waals surface area contributed by atoms with Gasteiger partial charge in [-0.1, -0.05) is 29.8 Å². The van der Waals surface area contributed by atoms with Crippen LogP contribution in [0.3, 0.4) is 0 Å². The lowest BCUT2D eigenvalue weighted by Gasteiger charge is -2.11. The maximum Gasteiger partial charge on any atom is 0.191 e. The van der Waals surface area contributed by atoms with Crippen LogP contribution in [0, 0.1) is 6.92 Å². The summed E-state index contributed by atoms with van der Waals surface area (Å²) >= 11 is 0. The molecule has 0 saturated carbocycles. The van der Waals surface area contributed by atoms with Crippen molar-refractivity contribution in [3.8, 4) is 0 Å². The predicted molar refractivity (Wildman–Crippen MR) is 86.7 cm³/mol. The molecule has 0 fully saturated rings. The first-order chi connectivity index (χ1) is 10.3. The molecular weight excluding hydrogens is 266 g/mol. The highest BCUT2D eigenvalue weighted by atomic mass is 16.5. The van der Waals surface area contributed by atoms with Gasteiger partial charge in [0.05, 0.1) is 26.4 Å². The summed E-state index contributed by atoms with van der Waals surface area (Å²) in [5, 5.41) is 6.48. The van der Waals surface area contributed by atoms with Crippen LogP contribution in [0.5, 0.6) is 0 Å². The van der Waals surface area contributed by atoms with E-state index < -0.39 is 0 Å². The molecule has 0 amide bonds. The number of nitrogens with zero attached hydrogens (tertiary/aromatic N) is 1. The van der Waals surface area contributed by atoms with E-state index in [0.29, 0.717) is 26.4 Å². The highest BCUT2D eigenvalue weighted by molar-refractivity contribution is 5.79. The lowest BCUT2D eigenvalue weighted by molar-refractivity contribution is 0.0733. The van der Waals surface area contributed by atoms with Gasteiger partial charge in [0.15, 0.2) is 5.96 Å². The summed E-state index contributed by atoms with van der Waals surface area (Å²) in [7, 11) is 1.67. The molecule has 0 aliphatic heterocycles. The van der Waals surface area contributed by atoms with Gasteiger partial charge < -0.3 is 20.1 Å². The molecule has 0 radical (unpaired) electrons. The number of hydrogen-bond acceptors (Lipinski definition) is 3. The maximum atomic E-state index is 5.41. The van der Waals surface area contributed by atoms with Gasteiger partial charge in [-0.05, 0) is 19.4 Å². The normalized spacial score (nSPS) is 11.5. The minimum absolute atomic E-state index is 0.620. The van der Waals surface area contributed by atoms with Gasteiger partial charge in [0.25, 0.3) is 0 Å². The molecule has 0 heterocycles. The lowest BCUT2D eigenvalue weighted by atomic mass is 10.1. The maximum absolute atomic E-state index is 5.41. The highest BCUT2D eigenvalue weighted by Crippen LogP contribution is 2.04. The first-order valence-electron chi connectivity index (χ1n) is 7.40. The number of ether oxygens (including phenoxy) is 2. The second-order valence-electron chi connectivity index (χ2n) is 4.72. The van der Waals surface area contributed by atoms with Crippen molar-refractivity contribution in [2.75, 3.05) is 40.0 Å². The van der Waals surface area contributed by atoms with Gasteiger partial charge in [-0.3, -0.25) is 0 Å². The molecule has 0 aliphatic rings. The van der Waals surface area contributed by atoms with Crippen LogP contribution in [0.15, 0.2) is 29.3 Å². The molecule has 0 saturated heterocycles. The van der Waals surface area contributed by atoms with Gasteiger partial charge in [0.2, 0.25) is 0 Å². The van der Waals surface area contributed by atoms with Crippen LogP contribution in [0.4, 0.5) is 0 Å². The van der Waals surface area contributed by atoms with E-state index in [9.17, 15) is 0 Å². The molecule has 118 valence electrons. The summed E-state index contributed by atoms with van der Waals surface area (Å²) in [6, 6.07) is 8.40. The first-order valence-corrected chi connectivity index (χ1v) is 7.40. The lowest BCUT2D eigenvalue weighted by Crippen LogP contribution is -2.39. The number of rotatable bonds is 9. The molecule has 5 heteroatoms. The van der Waals surface area contributed by atoms with Crippen LogP contribution in [-0.2, 0) is 16.0 Å². The third-order valence-electron chi connectivity index (χ3n) is 2.82. The van der Waals surface area contributed by atoms with Crippen molar-refractivity contribution >= 4 is 5.96 Å². The minimum atomic E-state index is 0.620. The molecule has 0 spiro atoms. The van der Waals surface area contributed by atoms with Crippen molar-refractivity contribution < 1.29 is 9.47 Å². The number of nitrogens with one attached hydrogen (secondary N) is 2. The summed E-state index contributed by atoms with van der Waals surface area (Å²) < 4.78 is 10.3. The zero-order chi connectivity index (χ0) is 15.3. The van der Waals surface area contributed by atoms with E-state index >= 15 is 0 Å². The van der Waals surface area contributed by atoms with E-state index in [1.54, 1.807) is 7.11 Å². The fourth-order valence-corrected chi connectivity index (χ4v) is 1.81. The third kappa shape index (κ3) is 8.32. The van der Waals surface area contributed by atoms with E-state index in [0.717, 1.165) is 19.0 Å². The molecule has 0 bridgehead atoms. The van der Waals surface area contributed by atoms with Crippen molar-refractivity contribution in [1.82, 2.24) is 10.6 Å². The van der Waals surface area contributed by atoms with Gasteiger partial charge in [0.1, 0.15) is 0 Å². The van der Waals surface area contributed by atoms with Gasteiger partial charge in [-0.2, -0.15) is 0 Å². The van der Waals surface area contributed by atoms with Crippen molar-refractivity contribution in [3.63, 3.8) is 0 Å². The van der Waals surface area contributed by atoms with Crippen molar-refractivity contribution in [2.24, 2.45) is 4.99 Å². The standard InChI is InChI=1S/C16H27N3O2/c1-4-17-16(18-8-9-21-11-10-20-3)19-13-15-7-5-6-14(2)12-15/h5-7,12H,4,8-11,13H2,1-3H3,(H2,17,18,19). The molecule has 2 N–H and O–H groups in total. The van der Waals surface area contributed by atoms with Gasteiger partial charge in [-0.15, -0.1) is 0 Å². The van der Waals surface area contributed by atoms with Crippen LogP contribution in [0.2, 0.25) is 0 Å². The van der Waals surface area contributed by atoms with E-state index in [1.807, 2.05) is 0 Å². The summed E-state index contributed by atoms with van der Waals surface area (Å²) in [4.78, 5) is 4.57. The van der Waals surface area contributed by atoms with Gasteiger partial charge >= 0.3 is 0 Å². The number of methoxy groups -OCH3 is 1. The van der Waals surface area contributed by atoms with E-state index in [4.69, 9.17) is 9.47 Å². The Balaban J connectivity index is 2.35. The first kappa shape index (κ1) is 17.5. The largest absolute Gasteiger partial charge is 0.382 e. The number of benzene rings is 1. The van der Waals surface area contributed by atoms with Crippen LogP contribution in [0.25, 0.3) is 0 Å². The van der Waals surface area contributed by atoms with E-state index in [1.165, 1.54) is 11.1 Å². The fourth-order valence-electron chi connectivity index (χ4n) is 1.81. The Morgan fingerprint density at radius 2 is 2.05 bits per heavy atom. The SMILES string of the molecule is CCNC(=NCc1cccc(C)c1)NCCOCCOC. The quantitative estimate of drug-likeness (QED) is 0.413. The summed E-state index contributed by atoms with van der Waals surface area (Å²) in [5.41, 5.74) is 2.47. The number of aryl methyl sites for hydroxylation is 1. The number of aliphatic imine (C=N–C) groups is 1. The van der Waals surface area contributed by atoms with Crippen LogP contribution in [0.1, 0.15) is 18.1 Å². The van der Waals surface area contributed by atoms with Crippen molar-refractivity contribution in [3.05, 3.63) is 35.4 Å². The zero-order valence-electron chi connectivity index (χ0n) is 13.3. The Morgan fingerprint density at radius 3 is 2.76 bits per heavy atom. The second-order valence-corrected chi connectivity index (χ2v) is 4.72. The Hall–Kier alpha value is -1.59. The Morgan fingerprint density at radius 1 is 1.19 bits per heavy atom. The molecule has 21 heavy (non-hydrogen) atoms. The Labute approximate surface area is 127 Å². The average Bonchev–Trinajstić information content (AvgIpc) is 2.48. The number of hydrogen-bond donors (Lipinski definition) is 2. The number of guanidine groups is 1. The third-order valence-corrected chi connectivity index (χ3v) is 2.82. The van der Waals surface area contributed by atoms with Crippen LogP contribution < -0.4 is 10.6 Å². The van der Waals surface area contributed by atoms with Crippen LogP contribution >= 0.6 is 0 Å². The van der Waals surface area contributed by atoms with Gasteiger partial charge in [0, 0.05) is 20.2 Å². The Kier molecular flexibility index (Phi) is 9.24. The molecule has 1 aromatic rings. The average molecular weight is 293 g/mol. The van der Waals surface area contributed by atoms with E-state index in [-0.39, 0.29) is 0 Å². The van der Waals surface area contributed by atoms with Crippen molar-refractivity contribution in [2.45, 2.75) is 20.4 Å².